The molecule has 8 heavy (non-hydrogen) atoms. The van der Waals surface area contributed by atoms with E-state index in [1.165, 1.54) is 0 Å². The quantitative estimate of drug-likeness (QED) is 0.525. The Balaban J connectivity index is 3.65. The Morgan fingerprint density at radius 3 is 1.75 bits per heavy atom. The molecule has 1 radical (unpaired) electrons. The van der Waals surface area contributed by atoms with E-state index in [1.807, 2.05) is 13.8 Å². The van der Waals surface area contributed by atoms with Crippen LogP contribution in [0.3, 0.4) is 0 Å². The van der Waals surface area contributed by atoms with Gasteiger partial charge >= 0.3 is 0 Å². The maximum atomic E-state index is 10.7. The summed E-state index contributed by atoms with van der Waals surface area (Å²) >= 11 is 0. The van der Waals surface area contributed by atoms with Crippen molar-refractivity contribution in [2.45, 2.75) is 26.8 Å². The Bertz CT molecular complexity index is 76.5. The molecule has 1 atom stereocenters. The first-order chi connectivity index (χ1) is 3.55. The van der Waals surface area contributed by atoms with Gasteiger partial charge in [-0.25, -0.2) is 5.73 Å². The summed E-state index contributed by atoms with van der Waals surface area (Å²) in [5.41, 5.74) is 6.96. The third-order valence-electron chi connectivity index (χ3n) is 0.996. The maximum absolute atomic E-state index is 10.7. The van der Waals surface area contributed by atoms with E-state index in [9.17, 15) is 4.79 Å². The number of ketones is 1. The molecule has 0 aromatic heterocycles. The number of hydrogen-bond acceptors (Lipinski definition) is 1. The van der Waals surface area contributed by atoms with Gasteiger partial charge in [0, 0.05) is 5.92 Å². The molecule has 0 spiro atoms. The lowest BCUT2D eigenvalue weighted by molar-refractivity contribution is -0.122. The van der Waals surface area contributed by atoms with Crippen LogP contribution in [0.25, 0.3) is 0 Å². The lowest BCUT2D eigenvalue weighted by atomic mass is 10.0. The van der Waals surface area contributed by atoms with E-state index in [-0.39, 0.29) is 11.7 Å². The zero-order chi connectivity index (χ0) is 6.73. The van der Waals surface area contributed by atoms with Crippen LogP contribution in [0.1, 0.15) is 20.8 Å². The van der Waals surface area contributed by atoms with Gasteiger partial charge in [0.2, 0.25) is 0 Å². The number of nitrogens with one attached hydrogen (secondary N) is 1. The fourth-order valence-electron chi connectivity index (χ4n) is 0.500. The van der Waals surface area contributed by atoms with Gasteiger partial charge in [0.25, 0.3) is 0 Å². The number of carbonyl (C=O) groups is 1. The number of Topliss-reactive ketones (excluding diaryl/α,β-unsaturated/α-hetero) is 1. The Labute approximate surface area is 50.1 Å². The summed E-state index contributed by atoms with van der Waals surface area (Å²) < 4.78 is 0. The highest BCUT2D eigenvalue weighted by Gasteiger charge is 2.11. The number of carbonyl (C=O) groups excluding carboxylic acids is 1. The zero-order valence-electron chi connectivity index (χ0n) is 5.56. The summed E-state index contributed by atoms with van der Waals surface area (Å²) in [5, 5.41) is 0. The Morgan fingerprint density at radius 1 is 1.38 bits per heavy atom. The first-order valence-corrected chi connectivity index (χ1v) is 2.80. The molecule has 0 amide bonds. The Morgan fingerprint density at radius 2 is 1.75 bits per heavy atom. The van der Waals surface area contributed by atoms with Crippen molar-refractivity contribution in [2.24, 2.45) is 5.92 Å². The van der Waals surface area contributed by atoms with E-state index in [2.05, 4.69) is 0 Å². The summed E-state index contributed by atoms with van der Waals surface area (Å²) in [6.07, 6.45) is 0. The summed E-state index contributed by atoms with van der Waals surface area (Å²) in [5.74, 6) is 0.0347. The highest BCUT2D eigenvalue weighted by Crippen LogP contribution is 1.96. The predicted octanol–water partition coefficient (Wildman–Crippen LogP) is 0.883. The minimum Gasteiger partial charge on any atom is -0.298 e. The second-order valence-electron chi connectivity index (χ2n) is 2.28. The van der Waals surface area contributed by atoms with Crippen molar-refractivity contribution in [2.75, 3.05) is 0 Å². The van der Waals surface area contributed by atoms with Gasteiger partial charge in [0.05, 0.1) is 6.04 Å². The van der Waals surface area contributed by atoms with E-state index in [0.717, 1.165) is 0 Å². The van der Waals surface area contributed by atoms with E-state index < -0.39 is 6.04 Å². The molecule has 2 nitrogen and oxygen atoms in total. The van der Waals surface area contributed by atoms with Gasteiger partial charge < -0.3 is 0 Å². The van der Waals surface area contributed by atoms with Crippen molar-refractivity contribution in [1.82, 2.24) is 5.73 Å². The molecule has 0 aliphatic rings. The standard InChI is InChI=1S/C6H12NO/c1-4(2)6(8)5(3)7/h4-5,7H,1-3H3. The third kappa shape index (κ3) is 2.07. The summed E-state index contributed by atoms with van der Waals surface area (Å²) in [7, 11) is 0. The summed E-state index contributed by atoms with van der Waals surface area (Å²) in [4.78, 5) is 10.7. The SMILES string of the molecule is CC(C)C(=O)C(C)[NH]. The van der Waals surface area contributed by atoms with Gasteiger partial charge in [-0.15, -0.1) is 0 Å². The predicted molar refractivity (Wildman–Crippen MR) is 32.4 cm³/mol. The summed E-state index contributed by atoms with van der Waals surface area (Å²) in [6.45, 7) is 5.23. The van der Waals surface area contributed by atoms with Crippen LogP contribution in [0.5, 0.6) is 0 Å². The second kappa shape index (κ2) is 2.82. The molecule has 1 unspecified atom stereocenters. The van der Waals surface area contributed by atoms with E-state index >= 15 is 0 Å². The number of hydrogen-bond donors (Lipinski definition) is 0. The topological polar surface area (TPSA) is 40.9 Å². The van der Waals surface area contributed by atoms with Crippen LogP contribution in [0.4, 0.5) is 0 Å². The molecule has 47 valence electrons. The summed E-state index contributed by atoms with van der Waals surface area (Å²) in [6, 6.07) is -0.546. The van der Waals surface area contributed by atoms with Crippen LogP contribution in [0, 0.1) is 5.92 Å². The highest BCUT2D eigenvalue weighted by molar-refractivity contribution is 5.84. The average Bonchev–Trinajstić information content (AvgIpc) is 1.64. The second-order valence-corrected chi connectivity index (χ2v) is 2.28. The fourth-order valence-corrected chi connectivity index (χ4v) is 0.500. The maximum Gasteiger partial charge on any atom is 0.153 e. The molecule has 0 aliphatic heterocycles. The molecule has 0 aromatic carbocycles. The third-order valence-corrected chi connectivity index (χ3v) is 0.996. The molecular formula is C6H12NO. The number of rotatable bonds is 2. The molecule has 1 N–H and O–H groups in total. The molecule has 0 fully saturated rings. The molecule has 0 saturated heterocycles. The van der Waals surface area contributed by atoms with Crippen LogP contribution < -0.4 is 5.73 Å². The van der Waals surface area contributed by atoms with Crippen LogP contribution in [-0.2, 0) is 4.79 Å². The molecular weight excluding hydrogens is 102 g/mol. The molecule has 0 heterocycles. The van der Waals surface area contributed by atoms with Crippen LogP contribution in [0.2, 0.25) is 0 Å². The lowest BCUT2D eigenvalue weighted by Gasteiger charge is -2.04. The first-order valence-electron chi connectivity index (χ1n) is 2.80. The molecule has 0 bridgehead atoms. The van der Waals surface area contributed by atoms with E-state index in [1.54, 1.807) is 6.92 Å². The lowest BCUT2D eigenvalue weighted by Crippen LogP contribution is -2.22. The minimum absolute atomic E-state index is 0.0162. The van der Waals surface area contributed by atoms with Gasteiger partial charge in [0.15, 0.2) is 5.78 Å². The largest absolute Gasteiger partial charge is 0.298 e. The van der Waals surface area contributed by atoms with Crippen LogP contribution >= 0.6 is 0 Å². The Hall–Kier alpha value is -0.370. The molecule has 2 heteroatoms. The smallest absolute Gasteiger partial charge is 0.153 e. The molecule has 0 aromatic rings. The van der Waals surface area contributed by atoms with Gasteiger partial charge in [-0.2, -0.15) is 0 Å². The van der Waals surface area contributed by atoms with Gasteiger partial charge in [-0.05, 0) is 6.92 Å². The van der Waals surface area contributed by atoms with Crippen LogP contribution in [-0.4, -0.2) is 11.8 Å². The van der Waals surface area contributed by atoms with Crippen molar-refractivity contribution in [3.05, 3.63) is 0 Å². The normalized spacial score (nSPS) is 14.1. The van der Waals surface area contributed by atoms with Crippen LogP contribution in [0.15, 0.2) is 0 Å². The average molecular weight is 114 g/mol. The van der Waals surface area contributed by atoms with Crippen molar-refractivity contribution in [1.29, 1.82) is 0 Å². The molecule has 0 rings (SSSR count). The first kappa shape index (κ1) is 7.63. The van der Waals surface area contributed by atoms with Crippen molar-refractivity contribution in [3.63, 3.8) is 0 Å². The fraction of sp³-hybridized carbons (Fsp3) is 0.833. The van der Waals surface area contributed by atoms with Crippen molar-refractivity contribution >= 4 is 5.78 Å². The highest BCUT2D eigenvalue weighted by atomic mass is 16.1. The van der Waals surface area contributed by atoms with E-state index in [4.69, 9.17) is 5.73 Å². The molecule has 0 aliphatic carbocycles. The minimum atomic E-state index is -0.546. The Kier molecular flexibility index (Phi) is 2.69. The molecule has 0 saturated carbocycles. The zero-order valence-corrected chi connectivity index (χ0v) is 5.56. The van der Waals surface area contributed by atoms with E-state index in [0.29, 0.717) is 0 Å². The van der Waals surface area contributed by atoms with Crippen molar-refractivity contribution < 1.29 is 4.79 Å². The van der Waals surface area contributed by atoms with Gasteiger partial charge in [0.1, 0.15) is 0 Å². The van der Waals surface area contributed by atoms with Gasteiger partial charge in [-0.1, -0.05) is 13.8 Å². The van der Waals surface area contributed by atoms with Gasteiger partial charge in [-0.3, -0.25) is 4.79 Å². The van der Waals surface area contributed by atoms with Crippen molar-refractivity contribution in [3.8, 4) is 0 Å². The monoisotopic (exact) mass is 114 g/mol.